The van der Waals surface area contributed by atoms with Crippen molar-refractivity contribution in [3.63, 3.8) is 0 Å². The molecule has 2 aromatic rings. The minimum Gasteiger partial charge on any atom is -0.337 e. The second-order valence-corrected chi connectivity index (χ2v) is 10.2. The molecule has 0 aromatic carbocycles. The van der Waals surface area contributed by atoms with Crippen LogP contribution in [0.2, 0.25) is 0 Å². The van der Waals surface area contributed by atoms with Gasteiger partial charge in [0, 0.05) is 56.7 Å². The summed E-state index contributed by atoms with van der Waals surface area (Å²) in [6.07, 6.45) is 3.75. The van der Waals surface area contributed by atoms with Gasteiger partial charge in [-0.15, -0.1) is 0 Å². The zero-order valence-corrected chi connectivity index (χ0v) is 18.5. The van der Waals surface area contributed by atoms with Crippen LogP contribution in [0.15, 0.2) is 24.5 Å². The molecule has 0 bridgehead atoms. The van der Waals surface area contributed by atoms with Crippen LogP contribution in [0.3, 0.4) is 0 Å². The van der Waals surface area contributed by atoms with E-state index in [4.69, 9.17) is 0 Å². The molecule has 4 heterocycles. The molecule has 33 heavy (non-hydrogen) atoms. The summed E-state index contributed by atoms with van der Waals surface area (Å²) in [7, 11) is 0. The van der Waals surface area contributed by atoms with Gasteiger partial charge in [-0.25, -0.2) is 0 Å². The number of carbonyl (C=O) groups is 1. The van der Waals surface area contributed by atoms with Crippen LogP contribution < -0.4 is 0 Å². The summed E-state index contributed by atoms with van der Waals surface area (Å²) in [5, 5.41) is 4.37. The van der Waals surface area contributed by atoms with Crippen LogP contribution in [-0.2, 0) is 37.0 Å². The molecule has 0 N–H and O–H groups in total. The first-order valence-corrected chi connectivity index (χ1v) is 11.9. The molecule has 2 aliphatic heterocycles. The van der Waals surface area contributed by atoms with Crippen LogP contribution in [0, 0.1) is 11.3 Å². The number of fused-ring (bicyclic) bond motifs is 3. The van der Waals surface area contributed by atoms with E-state index < -0.39 is 11.7 Å². The molecule has 2 aliphatic carbocycles. The summed E-state index contributed by atoms with van der Waals surface area (Å²) in [5.41, 5.74) is 1.34. The third kappa shape index (κ3) is 3.47. The van der Waals surface area contributed by atoms with Crippen molar-refractivity contribution >= 4 is 5.91 Å². The smallest absolute Gasteiger partial charge is 0.337 e. The molecule has 2 saturated carbocycles. The van der Waals surface area contributed by atoms with Crippen LogP contribution in [-0.4, -0.2) is 49.6 Å². The Bertz CT molecular complexity index is 1080. The van der Waals surface area contributed by atoms with E-state index in [0.29, 0.717) is 36.2 Å². The number of hydrogen-bond donors (Lipinski definition) is 0. The third-order valence-corrected chi connectivity index (χ3v) is 8.48. The molecule has 1 amide bonds. The van der Waals surface area contributed by atoms with Gasteiger partial charge in [-0.3, -0.25) is 19.4 Å². The predicted molar refractivity (Wildman–Crippen MR) is 114 cm³/mol. The van der Waals surface area contributed by atoms with Crippen LogP contribution in [0.4, 0.5) is 13.2 Å². The van der Waals surface area contributed by atoms with E-state index in [1.807, 2.05) is 11.1 Å². The van der Waals surface area contributed by atoms with E-state index >= 15 is 0 Å². The van der Waals surface area contributed by atoms with Crippen molar-refractivity contribution in [2.24, 2.45) is 11.3 Å². The first kappa shape index (κ1) is 21.1. The van der Waals surface area contributed by atoms with Gasteiger partial charge in [-0.05, 0) is 49.3 Å². The van der Waals surface area contributed by atoms with Gasteiger partial charge in [-0.2, -0.15) is 18.3 Å². The Kier molecular flexibility index (Phi) is 4.83. The number of pyridine rings is 1. The molecule has 6 nitrogen and oxygen atoms in total. The van der Waals surface area contributed by atoms with Gasteiger partial charge < -0.3 is 4.90 Å². The maximum absolute atomic E-state index is 13.9. The minimum atomic E-state index is -4.42. The van der Waals surface area contributed by atoms with Crippen molar-refractivity contribution in [2.75, 3.05) is 13.1 Å². The Morgan fingerprint density at radius 2 is 2.06 bits per heavy atom. The molecule has 2 aromatic heterocycles. The first-order valence-electron chi connectivity index (χ1n) is 11.9. The standard InChI is InChI=1S/C24H28F3N5O/c25-24(26,27)18-10-16-14-31(7-4-21(16)28-13-18)22(33)23-5-1-2-17(23)11-20(12-23)30-8-9-32-19(15-30)3-6-29-32/h3,6,10,13,17,20H,1-2,4-5,7-9,11-12,14-15H2/t17-,20+,23-/m1/s1. The van der Waals surface area contributed by atoms with Gasteiger partial charge in [0.2, 0.25) is 5.91 Å². The number of alkyl halides is 3. The highest BCUT2D eigenvalue weighted by Gasteiger charge is 2.57. The lowest BCUT2D eigenvalue weighted by Gasteiger charge is -2.38. The van der Waals surface area contributed by atoms with Gasteiger partial charge in [-0.1, -0.05) is 6.42 Å². The van der Waals surface area contributed by atoms with E-state index in [-0.39, 0.29) is 17.9 Å². The van der Waals surface area contributed by atoms with Crippen LogP contribution >= 0.6 is 0 Å². The van der Waals surface area contributed by atoms with Crippen molar-refractivity contribution in [3.8, 4) is 0 Å². The molecular formula is C24H28F3N5O. The molecule has 176 valence electrons. The number of hydrogen-bond acceptors (Lipinski definition) is 4. The van der Waals surface area contributed by atoms with Gasteiger partial charge >= 0.3 is 6.18 Å². The predicted octanol–water partition coefficient (Wildman–Crippen LogP) is 3.65. The second-order valence-electron chi connectivity index (χ2n) is 10.2. The lowest BCUT2D eigenvalue weighted by Crippen LogP contribution is -2.47. The van der Waals surface area contributed by atoms with Gasteiger partial charge in [0.25, 0.3) is 0 Å². The van der Waals surface area contributed by atoms with Crippen molar-refractivity contribution < 1.29 is 18.0 Å². The highest BCUT2D eigenvalue weighted by atomic mass is 19.4. The summed E-state index contributed by atoms with van der Waals surface area (Å²) >= 11 is 0. The Morgan fingerprint density at radius 3 is 2.91 bits per heavy atom. The maximum Gasteiger partial charge on any atom is 0.417 e. The van der Waals surface area contributed by atoms with Gasteiger partial charge in [0.05, 0.1) is 23.2 Å². The quantitative estimate of drug-likeness (QED) is 0.688. The average Bonchev–Trinajstić information content (AvgIpc) is 3.51. The summed E-state index contributed by atoms with van der Waals surface area (Å²) in [5.74, 6) is 0.514. The molecule has 0 saturated heterocycles. The van der Waals surface area contributed by atoms with Crippen molar-refractivity contribution in [1.82, 2.24) is 24.6 Å². The maximum atomic E-state index is 13.9. The molecule has 0 radical (unpaired) electrons. The van der Waals surface area contributed by atoms with Crippen molar-refractivity contribution in [1.29, 1.82) is 0 Å². The Hall–Kier alpha value is -2.42. The van der Waals surface area contributed by atoms with Crippen LogP contribution in [0.1, 0.15) is 54.6 Å². The molecule has 6 rings (SSSR count). The van der Waals surface area contributed by atoms with Crippen LogP contribution in [0.5, 0.6) is 0 Å². The molecule has 9 heteroatoms. The summed E-state index contributed by atoms with van der Waals surface area (Å²) in [4.78, 5) is 22.3. The Balaban J connectivity index is 1.21. The van der Waals surface area contributed by atoms with E-state index in [1.54, 1.807) is 0 Å². The van der Waals surface area contributed by atoms with E-state index in [9.17, 15) is 18.0 Å². The molecule has 3 atom stereocenters. The number of halogens is 3. The van der Waals surface area contributed by atoms with E-state index in [0.717, 1.165) is 57.9 Å². The minimum absolute atomic E-state index is 0.151. The second kappa shape index (κ2) is 7.55. The lowest BCUT2D eigenvalue weighted by atomic mass is 9.78. The number of nitrogens with zero attached hydrogens (tertiary/aromatic N) is 5. The molecule has 0 unspecified atom stereocenters. The topological polar surface area (TPSA) is 54.3 Å². The summed E-state index contributed by atoms with van der Waals surface area (Å²) < 4.78 is 41.6. The molecular weight excluding hydrogens is 431 g/mol. The summed E-state index contributed by atoms with van der Waals surface area (Å²) in [6, 6.07) is 3.62. The van der Waals surface area contributed by atoms with Gasteiger partial charge in [0.1, 0.15) is 0 Å². The first-order chi connectivity index (χ1) is 15.8. The average molecular weight is 460 g/mol. The fourth-order valence-electron chi connectivity index (χ4n) is 6.82. The fraction of sp³-hybridized carbons (Fsp3) is 0.625. The highest BCUT2D eigenvalue weighted by Crippen LogP contribution is 2.56. The summed E-state index contributed by atoms with van der Waals surface area (Å²) in [6.45, 7) is 3.45. The SMILES string of the molecule is O=C(N1CCc2ncc(C(F)(F)F)cc2C1)[C@@]12CCC[C@@H]1C[C@H](N1CCn3nccc3C1)C2. The van der Waals surface area contributed by atoms with Crippen molar-refractivity contribution in [2.45, 2.75) is 70.4 Å². The fourth-order valence-corrected chi connectivity index (χ4v) is 6.82. The largest absolute Gasteiger partial charge is 0.417 e. The normalized spacial score (nSPS) is 29.6. The third-order valence-electron chi connectivity index (χ3n) is 8.48. The number of rotatable bonds is 2. The van der Waals surface area contributed by atoms with Crippen LogP contribution in [0.25, 0.3) is 0 Å². The van der Waals surface area contributed by atoms with Crippen molar-refractivity contribution in [3.05, 3.63) is 47.0 Å². The van der Waals surface area contributed by atoms with Gasteiger partial charge in [0.15, 0.2) is 0 Å². The number of aromatic nitrogens is 3. The number of carbonyl (C=O) groups excluding carboxylic acids is 1. The Labute approximate surface area is 190 Å². The Morgan fingerprint density at radius 1 is 1.18 bits per heavy atom. The molecule has 2 fully saturated rings. The van der Waals surface area contributed by atoms with E-state index in [1.165, 1.54) is 11.8 Å². The molecule has 4 aliphatic rings. The molecule has 0 spiro atoms. The monoisotopic (exact) mass is 459 g/mol. The highest BCUT2D eigenvalue weighted by molar-refractivity contribution is 5.84. The zero-order valence-electron chi connectivity index (χ0n) is 18.5. The zero-order chi connectivity index (χ0) is 22.8. The van der Waals surface area contributed by atoms with E-state index in [2.05, 4.69) is 25.7 Å². The number of amides is 1. The lowest BCUT2D eigenvalue weighted by molar-refractivity contribution is -0.144.